The summed E-state index contributed by atoms with van der Waals surface area (Å²) in [6, 6.07) is 8.11. The van der Waals surface area contributed by atoms with Crippen molar-refractivity contribution in [1.82, 2.24) is 10.6 Å². The third kappa shape index (κ3) is 6.26. The van der Waals surface area contributed by atoms with Gasteiger partial charge in [-0.3, -0.25) is 0 Å². The van der Waals surface area contributed by atoms with Gasteiger partial charge in [-0.25, -0.2) is 0 Å². The molecule has 0 saturated heterocycles. The Hall–Kier alpha value is -1.10. The molecule has 0 unspecified atom stereocenters. The predicted octanol–water partition coefficient (Wildman–Crippen LogP) is 1.02. The molecule has 0 atom stereocenters. The molecule has 0 radical (unpaired) electrons. The first-order chi connectivity index (χ1) is 8.36. The van der Waals surface area contributed by atoms with Gasteiger partial charge in [0.25, 0.3) is 0 Å². The Balaban J connectivity index is 2.05. The lowest BCUT2D eigenvalue weighted by molar-refractivity contribution is 0.199. The normalized spacial score (nSPS) is 10.5. The summed E-state index contributed by atoms with van der Waals surface area (Å²) in [6.07, 6.45) is 0. The molecule has 0 aliphatic heterocycles. The van der Waals surface area contributed by atoms with Crippen LogP contribution < -0.4 is 15.4 Å². The Bertz CT molecular complexity index is 288. The highest BCUT2D eigenvalue weighted by Crippen LogP contribution is 2.10. The Morgan fingerprint density at radius 3 is 2.29 bits per heavy atom. The third-order valence-electron chi connectivity index (χ3n) is 2.45. The van der Waals surface area contributed by atoms with Gasteiger partial charge in [-0.2, -0.15) is 0 Å². The van der Waals surface area contributed by atoms with Gasteiger partial charge in [0.15, 0.2) is 0 Å². The average molecular weight is 238 g/mol. The molecule has 96 valence electrons. The van der Waals surface area contributed by atoms with Crippen LogP contribution >= 0.6 is 0 Å². The van der Waals surface area contributed by atoms with Gasteiger partial charge in [0.1, 0.15) is 5.75 Å². The summed E-state index contributed by atoms with van der Waals surface area (Å²) in [5, 5.41) is 6.66. The number of hydrogen-bond acceptors (Lipinski definition) is 4. The van der Waals surface area contributed by atoms with Crippen LogP contribution in [0.15, 0.2) is 24.3 Å². The van der Waals surface area contributed by atoms with Crippen molar-refractivity contribution < 1.29 is 9.47 Å². The van der Waals surface area contributed by atoms with Crippen LogP contribution in [0.1, 0.15) is 5.56 Å². The zero-order chi connectivity index (χ0) is 12.3. The van der Waals surface area contributed by atoms with Crippen LogP contribution in [0.25, 0.3) is 0 Å². The van der Waals surface area contributed by atoms with Crippen molar-refractivity contribution in [2.75, 3.05) is 40.5 Å². The van der Waals surface area contributed by atoms with E-state index in [1.807, 2.05) is 12.1 Å². The highest BCUT2D eigenvalue weighted by molar-refractivity contribution is 5.26. The molecule has 0 heterocycles. The number of ether oxygens (including phenoxy) is 2. The Kier molecular flexibility index (Phi) is 7.38. The third-order valence-corrected chi connectivity index (χ3v) is 2.45. The summed E-state index contributed by atoms with van der Waals surface area (Å²) >= 11 is 0. The lowest BCUT2D eigenvalue weighted by Crippen LogP contribution is -2.29. The summed E-state index contributed by atoms with van der Waals surface area (Å²) < 4.78 is 10.1. The second-order valence-electron chi connectivity index (χ2n) is 3.77. The van der Waals surface area contributed by atoms with Crippen molar-refractivity contribution >= 4 is 0 Å². The molecule has 0 spiro atoms. The molecule has 0 aliphatic carbocycles. The van der Waals surface area contributed by atoms with Gasteiger partial charge in [0, 0.05) is 33.3 Å². The van der Waals surface area contributed by atoms with Crippen LogP contribution in [0.3, 0.4) is 0 Å². The van der Waals surface area contributed by atoms with E-state index in [-0.39, 0.29) is 0 Å². The van der Waals surface area contributed by atoms with Gasteiger partial charge in [-0.15, -0.1) is 0 Å². The lowest BCUT2D eigenvalue weighted by atomic mass is 10.2. The summed E-state index contributed by atoms with van der Waals surface area (Å²) in [6.45, 7) is 4.46. The SMILES string of the molecule is COCCNCCNCc1ccc(OC)cc1. The first kappa shape index (κ1) is 14.0. The van der Waals surface area contributed by atoms with Crippen LogP contribution in [0.4, 0.5) is 0 Å². The molecule has 2 N–H and O–H groups in total. The molecule has 0 fully saturated rings. The minimum Gasteiger partial charge on any atom is -0.497 e. The van der Waals surface area contributed by atoms with E-state index in [0.717, 1.165) is 38.5 Å². The van der Waals surface area contributed by atoms with Gasteiger partial charge in [0.05, 0.1) is 13.7 Å². The van der Waals surface area contributed by atoms with Crippen LogP contribution in [-0.2, 0) is 11.3 Å². The molecule has 1 rings (SSSR count). The van der Waals surface area contributed by atoms with E-state index < -0.39 is 0 Å². The second kappa shape index (κ2) is 8.98. The maximum atomic E-state index is 5.11. The molecule has 1 aromatic rings. The van der Waals surface area contributed by atoms with Crippen molar-refractivity contribution in [3.05, 3.63) is 29.8 Å². The molecular formula is C13H22N2O2. The molecule has 4 nitrogen and oxygen atoms in total. The molecule has 0 aromatic heterocycles. The highest BCUT2D eigenvalue weighted by atomic mass is 16.5. The van der Waals surface area contributed by atoms with Crippen molar-refractivity contribution in [1.29, 1.82) is 0 Å². The zero-order valence-corrected chi connectivity index (χ0v) is 10.7. The summed E-state index contributed by atoms with van der Waals surface area (Å²) in [4.78, 5) is 0. The van der Waals surface area contributed by atoms with E-state index in [2.05, 4.69) is 22.8 Å². The van der Waals surface area contributed by atoms with Crippen LogP contribution in [0, 0.1) is 0 Å². The predicted molar refractivity (Wildman–Crippen MR) is 69.4 cm³/mol. The molecule has 0 amide bonds. The van der Waals surface area contributed by atoms with Crippen molar-refractivity contribution in [3.63, 3.8) is 0 Å². The number of rotatable bonds is 9. The van der Waals surface area contributed by atoms with Crippen LogP contribution in [0.5, 0.6) is 5.75 Å². The summed E-state index contributed by atoms with van der Waals surface area (Å²) in [5.74, 6) is 0.898. The van der Waals surface area contributed by atoms with Crippen molar-refractivity contribution in [3.8, 4) is 5.75 Å². The van der Waals surface area contributed by atoms with Gasteiger partial charge in [0.2, 0.25) is 0 Å². The molecule has 4 heteroatoms. The number of methoxy groups -OCH3 is 2. The van der Waals surface area contributed by atoms with Crippen molar-refractivity contribution in [2.24, 2.45) is 0 Å². The highest BCUT2D eigenvalue weighted by Gasteiger charge is 1.94. The molecule has 0 saturated carbocycles. The maximum absolute atomic E-state index is 5.11. The molecular weight excluding hydrogens is 216 g/mol. The number of nitrogens with one attached hydrogen (secondary N) is 2. The first-order valence-electron chi connectivity index (χ1n) is 5.90. The largest absolute Gasteiger partial charge is 0.497 e. The van der Waals surface area contributed by atoms with Gasteiger partial charge >= 0.3 is 0 Å². The molecule has 17 heavy (non-hydrogen) atoms. The Morgan fingerprint density at radius 2 is 1.65 bits per heavy atom. The first-order valence-corrected chi connectivity index (χ1v) is 5.90. The second-order valence-corrected chi connectivity index (χ2v) is 3.77. The zero-order valence-electron chi connectivity index (χ0n) is 10.7. The fourth-order valence-electron chi connectivity index (χ4n) is 1.45. The topological polar surface area (TPSA) is 42.5 Å². The monoisotopic (exact) mass is 238 g/mol. The van der Waals surface area contributed by atoms with Crippen LogP contribution in [0.2, 0.25) is 0 Å². The fraction of sp³-hybridized carbons (Fsp3) is 0.538. The van der Waals surface area contributed by atoms with E-state index in [4.69, 9.17) is 9.47 Å². The molecule has 0 aliphatic rings. The van der Waals surface area contributed by atoms with E-state index >= 15 is 0 Å². The summed E-state index contributed by atoms with van der Waals surface area (Å²) in [5.41, 5.74) is 1.27. The number of hydrogen-bond donors (Lipinski definition) is 2. The van der Waals surface area contributed by atoms with E-state index in [9.17, 15) is 0 Å². The summed E-state index contributed by atoms with van der Waals surface area (Å²) in [7, 11) is 3.39. The Labute approximate surface area is 103 Å². The number of benzene rings is 1. The maximum Gasteiger partial charge on any atom is 0.118 e. The smallest absolute Gasteiger partial charge is 0.118 e. The lowest BCUT2D eigenvalue weighted by Gasteiger charge is -2.07. The standard InChI is InChI=1S/C13H22N2O2/c1-16-10-9-14-7-8-15-11-12-3-5-13(17-2)6-4-12/h3-6,14-15H,7-11H2,1-2H3. The quantitative estimate of drug-likeness (QED) is 0.630. The minimum atomic E-state index is 0.762. The van der Waals surface area contributed by atoms with E-state index in [0.29, 0.717) is 0 Å². The Morgan fingerprint density at radius 1 is 0.941 bits per heavy atom. The average Bonchev–Trinajstić information content (AvgIpc) is 2.38. The van der Waals surface area contributed by atoms with Crippen LogP contribution in [-0.4, -0.2) is 40.5 Å². The van der Waals surface area contributed by atoms with Gasteiger partial charge in [-0.05, 0) is 17.7 Å². The van der Waals surface area contributed by atoms with E-state index in [1.165, 1.54) is 5.56 Å². The molecule has 0 bridgehead atoms. The van der Waals surface area contributed by atoms with Gasteiger partial charge in [-0.1, -0.05) is 12.1 Å². The van der Waals surface area contributed by atoms with E-state index in [1.54, 1.807) is 14.2 Å². The minimum absolute atomic E-state index is 0.762. The molecule has 1 aromatic carbocycles. The van der Waals surface area contributed by atoms with Crippen molar-refractivity contribution in [2.45, 2.75) is 6.54 Å². The fourth-order valence-corrected chi connectivity index (χ4v) is 1.45. The van der Waals surface area contributed by atoms with Gasteiger partial charge < -0.3 is 20.1 Å².